The standard InChI is InChI=1S/C22H20BrNO2/c1-14(25)13-20-21(16(3)26)15(2)24(19-7-5-4-6-8-19)22(20)17-9-11-18(23)12-10-17/h4-12H,13H2,1-3H3. The van der Waals surface area contributed by atoms with Gasteiger partial charge in [0.05, 0.1) is 5.69 Å². The molecule has 1 aromatic heterocycles. The van der Waals surface area contributed by atoms with Crippen LogP contribution < -0.4 is 0 Å². The third kappa shape index (κ3) is 3.42. The molecule has 0 fully saturated rings. The van der Waals surface area contributed by atoms with E-state index in [1.807, 2.05) is 61.5 Å². The lowest BCUT2D eigenvalue weighted by molar-refractivity contribution is -0.116. The van der Waals surface area contributed by atoms with Gasteiger partial charge in [-0.25, -0.2) is 0 Å². The number of carbonyl (C=O) groups excluding carboxylic acids is 2. The third-order valence-corrected chi connectivity index (χ3v) is 4.95. The van der Waals surface area contributed by atoms with Gasteiger partial charge in [-0.1, -0.05) is 46.3 Å². The monoisotopic (exact) mass is 409 g/mol. The molecule has 0 bridgehead atoms. The van der Waals surface area contributed by atoms with Crippen LogP contribution in [0, 0.1) is 6.92 Å². The van der Waals surface area contributed by atoms with Crippen molar-refractivity contribution in [2.75, 3.05) is 0 Å². The Hall–Kier alpha value is -2.46. The Morgan fingerprint density at radius 2 is 1.58 bits per heavy atom. The Balaban J connectivity index is 2.40. The van der Waals surface area contributed by atoms with Crippen LogP contribution in [0.15, 0.2) is 59.1 Å². The summed E-state index contributed by atoms with van der Waals surface area (Å²) in [5.74, 6) is 0.0165. The molecule has 0 amide bonds. The highest BCUT2D eigenvalue weighted by Gasteiger charge is 2.25. The second kappa shape index (κ2) is 7.42. The average molecular weight is 410 g/mol. The molecule has 0 saturated heterocycles. The number of ketones is 2. The molecule has 0 atom stereocenters. The number of rotatable bonds is 5. The molecule has 132 valence electrons. The highest BCUT2D eigenvalue weighted by molar-refractivity contribution is 9.10. The Morgan fingerprint density at radius 1 is 0.962 bits per heavy atom. The number of aromatic nitrogens is 1. The highest BCUT2D eigenvalue weighted by Crippen LogP contribution is 2.35. The molecule has 26 heavy (non-hydrogen) atoms. The van der Waals surface area contributed by atoms with Crippen LogP contribution in [0.2, 0.25) is 0 Å². The summed E-state index contributed by atoms with van der Waals surface area (Å²) in [6.07, 6.45) is 0.237. The fourth-order valence-electron chi connectivity index (χ4n) is 3.45. The van der Waals surface area contributed by atoms with Gasteiger partial charge in [0.15, 0.2) is 5.78 Å². The molecule has 1 heterocycles. The number of nitrogens with zero attached hydrogens (tertiary/aromatic N) is 1. The van der Waals surface area contributed by atoms with Gasteiger partial charge in [0.1, 0.15) is 5.78 Å². The fraction of sp³-hybridized carbons (Fsp3) is 0.182. The Bertz CT molecular complexity index is 970. The summed E-state index contributed by atoms with van der Waals surface area (Å²) in [5, 5.41) is 0. The summed E-state index contributed by atoms with van der Waals surface area (Å²) >= 11 is 3.47. The van der Waals surface area contributed by atoms with E-state index in [9.17, 15) is 9.59 Å². The van der Waals surface area contributed by atoms with E-state index in [1.165, 1.54) is 0 Å². The first-order valence-electron chi connectivity index (χ1n) is 8.46. The van der Waals surface area contributed by atoms with Crippen molar-refractivity contribution in [3.05, 3.63) is 75.9 Å². The number of para-hydroxylation sites is 1. The van der Waals surface area contributed by atoms with Crippen molar-refractivity contribution in [1.29, 1.82) is 0 Å². The van der Waals surface area contributed by atoms with Crippen LogP contribution in [0.4, 0.5) is 0 Å². The van der Waals surface area contributed by atoms with Gasteiger partial charge < -0.3 is 4.57 Å². The van der Waals surface area contributed by atoms with Crippen LogP contribution in [-0.2, 0) is 11.2 Å². The summed E-state index contributed by atoms with van der Waals surface area (Å²) < 4.78 is 3.06. The predicted molar refractivity (Wildman–Crippen MR) is 108 cm³/mol. The summed E-state index contributed by atoms with van der Waals surface area (Å²) in [5.41, 5.74) is 5.15. The van der Waals surface area contributed by atoms with Crippen LogP contribution in [0.25, 0.3) is 16.9 Å². The van der Waals surface area contributed by atoms with Crippen LogP contribution in [0.3, 0.4) is 0 Å². The maximum absolute atomic E-state index is 12.4. The zero-order valence-corrected chi connectivity index (χ0v) is 16.6. The second-order valence-corrected chi connectivity index (χ2v) is 7.32. The normalized spacial score (nSPS) is 10.8. The van der Waals surface area contributed by atoms with Crippen molar-refractivity contribution in [1.82, 2.24) is 4.57 Å². The van der Waals surface area contributed by atoms with E-state index in [1.54, 1.807) is 13.8 Å². The maximum Gasteiger partial charge on any atom is 0.161 e. The molecular formula is C22H20BrNO2. The van der Waals surface area contributed by atoms with Gasteiger partial charge in [-0.3, -0.25) is 9.59 Å². The minimum Gasteiger partial charge on any atom is -0.313 e. The van der Waals surface area contributed by atoms with Crippen LogP contribution in [0.1, 0.15) is 35.5 Å². The van der Waals surface area contributed by atoms with E-state index >= 15 is 0 Å². The Labute approximate surface area is 161 Å². The molecule has 0 aliphatic carbocycles. The zero-order chi connectivity index (χ0) is 18.8. The lowest BCUT2D eigenvalue weighted by Crippen LogP contribution is -2.04. The molecule has 0 saturated carbocycles. The van der Waals surface area contributed by atoms with Crippen molar-refractivity contribution in [3.63, 3.8) is 0 Å². The molecule has 2 aromatic carbocycles. The molecule has 0 aliphatic rings. The summed E-state index contributed by atoms with van der Waals surface area (Å²) in [4.78, 5) is 24.4. The van der Waals surface area contributed by atoms with Crippen molar-refractivity contribution >= 4 is 27.5 Å². The predicted octanol–water partition coefficient (Wildman–Crippen LogP) is 5.55. The average Bonchev–Trinajstić information content (AvgIpc) is 2.88. The molecular weight excluding hydrogens is 390 g/mol. The van der Waals surface area contributed by atoms with Gasteiger partial charge in [-0.05, 0) is 56.2 Å². The number of halogens is 1. The maximum atomic E-state index is 12.4. The Kier molecular flexibility index (Phi) is 5.23. The van der Waals surface area contributed by atoms with Gasteiger partial charge in [0.25, 0.3) is 0 Å². The van der Waals surface area contributed by atoms with Crippen molar-refractivity contribution in [3.8, 4) is 16.9 Å². The SMILES string of the molecule is CC(=O)Cc1c(C(C)=O)c(C)n(-c2ccccc2)c1-c1ccc(Br)cc1. The molecule has 3 nitrogen and oxygen atoms in total. The van der Waals surface area contributed by atoms with E-state index < -0.39 is 0 Å². The van der Waals surface area contributed by atoms with Gasteiger partial charge in [0, 0.05) is 27.8 Å². The quantitative estimate of drug-likeness (QED) is 0.518. The number of hydrogen-bond donors (Lipinski definition) is 0. The van der Waals surface area contributed by atoms with Gasteiger partial charge in [-0.2, -0.15) is 0 Å². The molecule has 3 rings (SSSR count). The van der Waals surface area contributed by atoms with Crippen molar-refractivity contribution in [2.24, 2.45) is 0 Å². The minimum absolute atomic E-state index is 0.0215. The van der Waals surface area contributed by atoms with Crippen LogP contribution in [0.5, 0.6) is 0 Å². The first-order valence-corrected chi connectivity index (χ1v) is 9.25. The molecule has 4 heteroatoms. The van der Waals surface area contributed by atoms with Crippen molar-refractivity contribution < 1.29 is 9.59 Å². The van der Waals surface area contributed by atoms with Crippen LogP contribution in [-0.4, -0.2) is 16.1 Å². The lowest BCUT2D eigenvalue weighted by atomic mass is 9.97. The second-order valence-electron chi connectivity index (χ2n) is 6.40. The molecule has 0 radical (unpaired) electrons. The van der Waals surface area contributed by atoms with E-state index in [-0.39, 0.29) is 18.0 Å². The molecule has 0 aliphatic heterocycles. The first kappa shape index (κ1) is 18.3. The van der Waals surface area contributed by atoms with Crippen molar-refractivity contribution in [2.45, 2.75) is 27.2 Å². The fourth-order valence-corrected chi connectivity index (χ4v) is 3.71. The highest BCUT2D eigenvalue weighted by atomic mass is 79.9. The lowest BCUT2D eigenvalue weighted by Gasteiger charge is -2.13. The zero-order valence-electron chi connectivity index (χ0n) is 15.0. The van der Waals surface area contributed by atoms with Crippen LogP contribution >= 0.6 is 15.9 Å². The summed E-state index contributed by atoms with van der Waals surface area (Å²) in [6, 6.07) is 17.9. The van der Waals surface area contributed by atoms with Gasteiger partial charge in [-0.15, -0.1) is 0 Å². The third-order valence-electron chi connectivity index (χ3n) is 4.42. The van der Waals surface area contributed by atoms with Gasteiger partial charge >= 0.3 is 0 Å². The van der Waals surface area contributed by atoms with E-state index in [4.69, 9.17) is 0 Å². The molecule has 3 aromatic rings. The van der Waals surface area contributed by atoms with E-state index in [0.29, 0.717) is 5.56 Å². The summed E-state index contributed by atoms with van der Waals surface area (Å²) in [6.45, 7) is 5.06. The number of carbonyl (C=O) groups is 2. The topological polar surface area (TPSA) is 39.1 Å². The number of hydrogen-bond acceptors (Lipinski definition) is 2. The summed E-state index contributed by atoms with van der Waals surface area (Å²) in [7, 11) is 0. The van der Waals surface area contributed by atoms with E-state index in [2.05, 4.69) is 20.5 Å². The van der Waals surface area contributed by atoms with Gasteiger partial charge in [0.2, 0.25) is 0 Å². The number of benzene rings is 2. The van der Waals surface area contributed by atoms with E-state index in [0.717, 1.165) is 32.7 Å². The Morgan fingerprint density at radius 3 is 2.12 bits per heavy atom. The smallest absolute Gasteiger partial charge is 0.161 e. The first-order chi connectivity index (χ1) is 12.4. The molecule has 0 spiro atoms. The largest absolute Gasteiger partial charge is 0.313 e. The molecule has 0 N–H and O–H groups in total. The molecule has 0 unspecified atom stereocenters. The number of Topliss-reactive ketones (excluding diaryl/α,β-unsaturated/α-hetero) is 2. The minimum atomic E-state index is -0.0215.